The van der Waals surface area contributed by atoms with Gasteiger partial charge in [-0.1, -0.05) is 48.5 Å². The molecule has 7 heteroatoms. The van der Waals surface area contributed by atoms with Gasteiger partial charge in [0.05, 0.1) is 11.9 Å². The molecule has 2 heterocycles. The maximum absolute atomic E-state index is 12.6. The summed E-state index contributed by atoms with van der Waals surface area (Å²) in [5.74, 6) is 0. The van der Waals surface area contributed by atoms with Crippen LogP contribution in [-0.4, -0.2) is 51.8 Å². The number of likely N-dealkylation sites (tertiary alicyclic amines) is 1. The third kappa shape index (κ3) is 4.17. The van der Waals surface area contributed by atoms with Gasteiger partial charge in [-0.25, -0.2) is 13.2 Å². The summed E-state index contributed by atoms with van der Waals surface area (Å²) in [6.07, 6.45) is 4.66. The molecule has 0 atom stereocenters. The Labute approximate surface area is 178 Å². The fraction of sp³-hybridized carbons (Fsp3) is 0.435. The number of carbonyl (C=O) groups is 1. The third-order valence-electron chi connectivity index (χ3n) is 6.36. The van der Waals surface area contributed by atoms with Crippen molar-refractivity contribution in [2.45, 2.75) is 31.1 Å². The van der Waals surface area contributed by atoms with Crippen LogP contribution >= 0.6 is 0 Å². The largest absolute Gasteiger partial charge is 0.338 e. The molecule has 4 rings (SSSR count). The van der Waals surface area contributed by atoms with Gasteiger partial charge in [-0.3, -0.25) is 4.31 Å². The number of anilines is 1. The van der Waals surface area contributed by atoms with Crippen molar-refractivity contribution in [3.63, 3.8) is 0 Å². The van der Waals surface area contributed by atoms with E-state index in [2.05, 4.69) is 17.4 Å². The minimum Gasteiger partial charge on any atom is -0.338 e. The van der Waals surface area contributed by atoms with Crippen molar-refractivity contribution < 1.29 is 13.2 Å². The van der Waals surface area contributed by atoms with Crippen LogP contribution in [0.5, 0.6) is 0 Å². The lowest BCUT2D eigenvalue weighted by atomic mass is 9.74. The molecule has 1 fully saturated rings. The Hall–Kier alpha value is -2.54. The number of amides is 2. The molecule has 1 N–H and O–H groups in total. The zero-order valence-corrected chi connectivity index (χ0v) is 18.2. The van der Waals surface area contributed by atoms with Gasteiger partial charge in [0.15, 0.2) is 0 Å². The fourth-order valence-electron chi connectivity index (χ4n) is 4.69. The van der Waals surface area contributed by atoms with Crippen molar-refractivity contribution in [2.75, 3.05) is 36.7 Å². The minimum atomic E-state index is -3.32. The van der Waals surface area contributed by atoms with Crippen LogP contribution < -0.4 is 9.62 Å². The maximum Gasteiger partial charge on any atom is 0.317 e. The lowest BCUT2D eigenvalue weighted by Crippen LogP contribution is -2.50. The van der Waals surface area contributed by atoms with Crippen molar-refractivity contribution in [3.05, 3.63) is 65.7 Å². The third-order valence-corrected chi connectivity index (χ3v) is 7.49. The summed E-state index contributed by atoms with van der Waals surface area (Å²) in [5.41, 5.74) is 2.96. The molecule has 0 saturated carbocycles. The van der Waals surface area contributed by atoms with Gasteiger partial charge in [-0.2, -0.15) is 0 Å². The van der Waals surface area contributed by atoms with E-state index in [1.807, 2.05) is 47.4 Å². The minimum absolute atomic E-state index is 0.0239. The molecular formula is C23H29N3O3S. The molecule has 2 aromatic carbocycles. The molecule has 2 aromatic rings. The molecule has 6 nitrogen and oxygen atoms in total. The molecule has 2 amide bonds. The highest BCUT2D eigenvalue weighted by Gasteiger charge is 2.47. The molecule has 1 saturated heterocycles. The first-order chi connectivity index (χ1) is 14.4. The predicted molar refractivity (Wildman–Crippen MR) is 119 cm³/mol. The molecule has 30 heavy (non-hydrogen) atoms. The normalized spacial score (nSPS) is 17.8. The fourth-order valence-corrected chi connectivity index (χ4v) is 5.69. The number of piperidine rings is 1. The predicted octanol–water partition coefficient (Wildman–Crippen LogP) is 3.14. The number of fused-ring (bicyclic) bond motifs is 2. The maximum atomic E-state index is 12.6. The first-order valence-corrected chi connectivity index (χ1v) is 12.4. The van der Waals surface area contributed by atoms with Crippen molar-refractivity contribution in [2.24, 2.45) is 0 Å². The van der Waals surface area contributed by atoms with Gasteiger partial charge in [-0.05, 0) is 42.9 Å². The molecule has 0 bridgehead atoms. The summed E-state index contributed by atoms with van der Waals surface area (Å²) in [4.78, 5) is 14.5. The number of nitrogens with zero attached hydrogens (tertiary/aromatic N) is 2. The monoisotopic (exact) mass is 427 g/mol. The number of aryl methyl sites for hydroxylation is 1. The average molecular weight is 428 g/mol. The summed E-state index contributed by atoms with van der Waals surface area (Å²) in [7, 11) is -3.32. The van der Waals surface area contributed by atoms with Crippen LogP contribution in [0.3, 0.4) is 0 Å². The number of para-hydroxylation sites is 1. The van der Waals surface area contributed by atoms with Crippen LogP contribution in [-0.2, 0) is 21.9 Å². The van der Waals surface area contributed by atoms with Gasteiger partial charge < -0.3 is 10.2 Å². The number of carbonyl (C=O) groups excluding carboxylic acids is 1. The van der Waals surface area contributed by atoms with Gasteiger partial charge >= 0.3 is 6.03 Å². The van der Waals surface area contributed by atoms with Gasteiger partial charge in [0, 0.05) is 31.6 Å². The number of rotatable bonds is 5. The zero-order chi connectivity index (χ0) is 21.2. The summed E-state index contributed by atoms with van der Waals surface area (Å²) in [6, 6.07) is 18.0. The summed E-state index contributed by atoms with van der Waals surface area (Å²) < 4.78 is 26.1. The van der Waals surface area contributed by atoms with E-state index in [0.29, 0.717) is 26.2 Å². The quantitative estimate of drug-likeness (QED) is 0.746. The number of hydrogen-bond donors (Lipinski definition) is 1. The molecular weight excluding hydrogens is 398 g/mol. The van der Waals surface area contributed by atoms with Gasteiger partial charge in [0.25, 0.3) is 0 Å². The number of hydrogen-bond acceptors (Lipinski definition) is 3. The highest BCUT2D eigenvalue weighted by atomic mass is 32.2. The van der Waals surface area contributed by atoms with Crippen molar-refractivity contribution in [1.29, 1.82) is 0 Å². The zero-order valence-electron chi connectivity index (χ0n) is 17.4. The van der Waals surface area contributed by atoms with E-state index in [1.165, 1.54) is 16.1 Å². The van der Waals surface area contributed by atoms with E-state index in [9.17, 15) is 13.2 Å². The highest BCUT2D eigenvalue weighted by molar-refractivity contribution is 7.92. The first kappa shape index (κ1) is 20.7. The second-order valence-corrected chi connectivity index (χ2v) is 10.3. The number of benzene rings is 2. The van der Waals surface area contributed by atoms with Crippen LogP contribution in [0.1, 0.15) is 30.4 Å². The topological polar surface area (TPSA) is 69.7 Å². The van der Waals surface area contributed by atoms with Gasteiger partial charge in [0.2, 0.25) is 10.0 Å². The van der Waals surface area contributed by atoms with Crippen LogP contribution in [0.15, 0.2) is 54.6 Å². The molecule has 0 aromatic heterocycles. The molecule has 0 unspecified atom stereocenters. The number of nitrogens with one attached hydrogen (secondary N) is 1. The molecule has 0 aliphatic carbocycles. The van der Waals surface area contributed by atoms with Crippen LogP contribution in [0.4, 0.5) is 10.5 Å². The second kappa shape index (κ2) is 8.30. The van der Waals surface area contributed by atoms with E-state index in [0.717, 1.165) is 36.9 Å². The second-order valence-electron chi connectivity index (χ2n) is 8.38. The Morgan fingerprint density at radius 3 is 2.40 bits per heavy atom. The van der Waals surface area contributed by atoms with Crippen molar-refractivity contribution in [3.8, 4) is 0 Å². The SMILES string of the molecule is CS(=O)(=O)N1CC2(CCN(C(=O)NCCCc3ccccc3)CC2)c2ccccc21. The van der Waals surface area contributed by atoms with E-state index in [4.69, 9.17) is 0 Å². The Bertz CT molecular complexity index is 999. The first-order valence-electron chi connectivity index (χ1n) is 10.5. The molecule has 2 aliphatic rings. The van der Waals surface area contributed by atoms with E-state index in [-0.39, 0.29) is 11.4 Å². The van der Waals surface area contributed by atoms with Gasteiger partial charge in [0.1, 0.15) is 0 Å². The summed E-state index contributed by atoms with van der Waals surface area (Å²) in [6.45, 7) is 2.39. The Morgan fingerprint density at radius 1 is 1.03 bits per heavy atom. The molecule has 2 aliphatic heterocycles. The van der Waals surface area contributed by atoms with Crippen molar-refractivity contribution in [1.82, 2.24) is 10.2 Å². The lowest BCUT2D eigenvalue weighted by molar-refractivity contribution is 0.162. The Kier molecular flexibility index (Phi) is 5.73. The van der Waals surface area contributed by atoms with Crippen LogP contribution in [0.2, 0.25) is 0 Å². The van der Waals surface area contributed by atoms with Gasteiger partial charge in [-0.15, -0.1) is 0 Å². The number of urea groups is 1. The lowest BCUT2D eigenvalue weighted by Gasteiger charge is -2.39. The summed E-state index contributed by atoms with van der Waals surface area (Å²) >= 11 is 0. The highest BCUT2D eigenvalue weighted by Crippen LogP contribution is 2.47. The molecule has 160 valence electrons. The average Bonchev–Trinajstić information content (AvgIpc) is 3.07. The van der Waals surface area contributed by atoms with Crippen molar-refractivity contribution >= 4 is 21.7 Å². The van der Waals surface area contributed by atoms with E-state index < -0.39 is 10.0 Å². The molecule has 1 spiro atoms. The Morgan fingerprint density at radius 2 is 1.70 bits per heavy atom. The van der Waals surface area contributed by atoms with Crippen LogP contribution in [0, 0.1) is 0 Å². The smallest absolute Gasteiger partial charge is 0.317 e. The van der Waals surface area contributed by atoms with Crippen LogP contribution in [0.25, 0.3) is 0 Å². The number of sulfonamides is 1. The molecule has 0 radical (unpaired) electrons. The van der Waals surface area contributed by atoms with E-state index in [1.54, 1.807) is 0 Å². The Balaban J connectivity index is 1.33. The standard InChI is InChI=1S/C23H29N3O3S/c1-30(28,29)26-18-23(20-11-5-6-12-21(20)26)13-16-25(17-14-23)22(27)24-15-7-10-19-8-3-2-4-9-19/h2-6,8-9,11-12H,7,10,13-18H2,1H3,(H,24,27). The van der Waals surface area contributed by atoms with E-state index >= 15 is 0 Å². The summed E-state index contributed by atoms with van der Waals surface area (Å²) in [5, 5.41) is 3.03.